The number of ether oxygens (including phenoxy) is 2. The molecule has 1 saturated heterocycles. The van der Waals surface area contributed by atoms with Crippen molar-refractivity contribution < 1.29 is 14.3 Å². The molecular formula is C20H32N4O3. The van der Waals surface area contributed by atoms with Crippen molar-refractivity contribution in [3.05, 3.63) is 29.3 Å². The summed E-state index contributed by atoms with van der Waals surface area (Å²) >= 11 is 0. The number of hydrogen-bond acceptors (Lipinski definition) is 4. The minimum atomic E-state index is -0.0344. The van der Waals surface area contributed by atoms with E-state index >= 15 is 0 Å². The number of guanidine groups is 1. The van der Waals surface area contributed by atoms with Crippen molar-refractivity contribution in [2.45, 2.75) is 33.7 Å². The first-order chi connectivity index (χ1) is 13.1. The number of rotatable bonds is 9. The van der Waals surface area contributed by atoms with Gasteiger partial charge in [0.15, 0.2) is 5.96 Å². The van der Waals surface area contributed by atoms with Crippen LogP contribution in [-0.4, -0.2) is 51.3 Å². The van der Waals surface area contributed by atoms with Gasteiger partial charge >= 0.3 is 0 Å². The van der Waals surface area contributed by atoms with Crippen LogP contribution < -0.4 is 20.7 Å². The number of benzene rings is 1. The Morgan fingerprint density at radius 3 is 2.81 bits per heavy atom. The molecule has 7 heteroatoms. The number of carbonyl (C=O) groups is 1. The molecule has 1 amide bonds. The number of hydrogen-bond donors (Lipinski definition) is 3. The molecule has 0 aromatic heterocycles. The van der Waals surface area contributed by atoms with Gasteiger partial charge in [-0.25, -0.2) is 4.99 Å². The van der Waals surface area contributed by atoms with Crippen molar-refractivity contribution in [1.82, 2.24) is 16.0 Å². The molecule has 0 saturated carbocycles. The summed E-state index contributed by atoms with van der Waals surface area (Å²) in [6, 6.07) is 6.21. The van der Waals surface area contributed by atoms with Crippen LogP contribution in [0.1, 0.15) is 31.4 Å². The fourth-order valence-corrected chi connectivity index (χ4v) is 2.77. The topological polar surface area (TPSA) is 84.0 Å². The number of nitrogens with one attached hydrogen (secondary N) is 3. The van der Waals surface area contributed by atoms with E-state index in [2.05, 4.69) is 46.1 Å². The van der Waals surface area contributed by atoms with Gasteiger partial charge in [-0.2, -0.15) is 0 Å². The minimum Gasteiger partial charge on any atom is -0.493 e. The molecule has 27 heavy (non-hydrogen) atoms. The van der Waals surface area contributed by atoms with Gasteiger partial charge in [0.25, 0.3) is 0 Å². The van der Waals surface area contributed by atoms with Gasteiger partial charge in [-0.15, -0.1) is 0 Å². The van der Waals surface area contributed by atoms with Crippen LogP contribution in [0.25, 0.3) is 0 Å². The number of aliphatic imine (C=N–C) groups is 1. The third-order valence-corrected chi connectivity index (χ3v) is 4.26. The maximum Gasteiger partial charge on any atom is 0.216 e. The summed E-state index contributed by atoms with van der Waals surface area (Å²) in [6.45, 7) is 10.3. The van der Waals surface area contributed by atoms with Gasteiger partial charge in [0.05, 0.1) is 19.8 Å². The van der Waals surface area contributed by atoms with Crippen molar-refractivity contribution in [3.63, 3.8) is 0 Å². The summed E-state index contributed by atoms with van der Waals surface area (Å²) in [5.41, 5.74) is 2.22. The summed E-state index contributed by atoms with van der Waals surface area (Å²) in [4.78, 5) is 15.6. The Hall–Kier alpha value is -2.28. The second-order valence-corrected chi connectivity index (χ2v) is 6.76. The lowest BCUT2D eigenvalue weighted by Gasteiger charge is -2.15. The maximum atomic E-state index is 10.9. The van der Waals surface area contributed by atoms with Crippen LogP contribution in [0.2, 0.25) is 0 Å². The van der Waals surface area contributed by atoms with Crippen molar-refractivity contribution in [3.8, 4) is 5.75 Å². The SMILES string of the molecule is CCNC(=NCc1ccc(C)cc1OCC1CCOC1)NCCNC(C)=O. The van der Waals surface area contributed by atoms with Crippen molar-refractivity contribution in [1.29, 1.82) is 0 Å². The normalized spacial score (nSPS) is 16.9. The van der Waals surface area contributed by atoms with Crippen LogP contribution in [0.5, 0.6) is 5.75 Å². The van der Waals surface area contributed by atoms with Crippen LogP contribution in [0.4, 0.5) is 0 Å². The van der Waals surface area contributed by atoms with Crippen LogP contribution in [0.3, 0.4) is 0 Å². The third-order valence-electron chi connectivity index (χ3n) is 4.26. The zero-order chi connectivity index (χ0) is 19.5. The Bertz CT molecular complexity index is 628. The highest BCUT2D eigenvalue weighted by molar-refractivity contribution is 5.80. The largest absolute Gasteiger partial charge is 0.493 e. The van der Waals surface area contributed by atoms with Crippen LogP contribution in [-0.2, 0) is 16.1 Å². The average molecular weight is 377 g/mol. The van der Waals surface area contributed by atoms with E-state index in [4.69, 9.17) is 9.47 Å². The van der Waals surface area contributed by atoms with Gasteiger partial charge in [0, 0.05) is 44.6 Å². The lowest BCUT2D eigenvalue weighted by atomic mass is 10.1. The molecule has 0 bridgehead atoms. The van der Waals surface area contributed by atoms with Crippen LogP contribution >= 0.6 is 0 Å². The van der Waals surface area contributed by atoms with Gasteiger partial charge in [-0.1, -0.05) is 12.1 Å². The van der Waals surface area contributed by atoms with E-state index in [-0.39, 0.29) is 5.91 Å². The first-order valence-corrected chi connectivity index (χ1v) is 9.65. The lowest BCUT2D eigenvalue weighted by molar-refractivity contribution is -0.118. The second kappa shape index (κ2) is 11.4. The third kappa shape index (κ3) is 7.86. The Balaban J connectivity index is 1.95. The highest BCUT2D eigenvalue weighted by Crippen LogP contribution is 2.23. The minimum absolute atomic E-state index is 0.0344. The fourth-order valence-electron chi connectivity index (χ4n) is 2.77. The molecule has 1 unspecified atom stereocenters. The van der Waals surface area contributed by atoms with Crippen molar-refractivity contribution in [2.75, 3.05) is 39.5 Å². The highest BCUT2D eigenvalue weighted by Gasteiger charge is 2.17. The van der Waals surface area contributed by atoms with Gasteiger partial charge in [0.2, 0.25) is 5.91 Å². The molecule has 1 fully saturated rings. The molecule has 0 spiro atoms. The van der Waals surface area contributed by atoms with Gasteiger partial charge in [0.1, 0.15) is 5.75 Å². The molecule has 1 heterocycles. The van der Waals surface area contributed by atoms with Crippen LogP contribution in [0, 0.1) is 12.8 Å². The Morgan fingerprint density at radius 1 is 1.30 bits per heavy atom. The maximum absolute atomic E-state index is 10.9. The molecule has 1 aromatic rings. The second-order valence-electron chi connectivity index (χ2n) is 6.76. The number of amides is 1. The Morgan fingerprint density at radius 2 is 2.11 bits per heavy atom. The Kier molecular flexibility index (Phi) is 8.91. The number of aryl methyl sites for hydroxylation is 1. The van der Waals surface area contributed by atoms with E-state index in [1.165, 1.54) is 12.5 Å². The van der Waals surface area contributed by atoms with Crippen molar-refractivity contribution >= 4 is 11.9 Å². The lowest BCUT2D eigenvalue weighted by Crippen LogP contribution is -2.41. The predicted octanol–water partition coefficient (Wildman–Crippen LogP) is 1.60. The van der Waals surface area contributed by atoms with Crippen molar-refractivity contribution in [2.24, 2.45) is 10.9 Å². The molecule has 1 aliphatic heterocycles. The number of nitrogens with zero attached hydrogens (tertiary/aromatic N) is 1. The fraction of sp³-hybridized carbons (Fsp3) is 0.600. The van der Waals surface area contributed by atoms with E-state index in [1.54, 1.807) is 0 Å². The van der Waals surface area contributed by atoms with E-state index < -0.39 is 0 Å². The monoisotopic (exact) mass is 376 g/mol. The van der Waals surface area contributed by atoms with E-state index in [0.29, 0.717) is 32.2 Å². The molecule has 7 nitrogen and oxygen atoms in total. The molecule has 0 radical (unpaired) electrons. The predicted molar refractivity (Wildman–Crippen MR) is 107 cm³/mol. The molecular weight excluding hydrogens is 344 g/mol. The molecule has 2 rings (SSSR count). The van der Waals surface area contributed by atoms with Gasteiger partial charge < -0.3 is 25.4 Å². The van der Waals surface area contributed by atoms with Crippen LogP contribution in [0.15, 0.2) is 23.2 Å². The molecule has 150 valence electrons. The van der Waals surface area contributed by atoms with Gasteiger partial charge in [-0.05, 0) is 31.9 Å². The number of carbonyl (C=O) groups excluding carboxylic acids is 1. The van der Waals surface area contributed by atoms with Gasteiger partial charge in [-0.3, -0.25) is 4.79 Å². The molecule has 3 N–H and O–H groups in total. The standard InChI is InChI=1S/C20H32N4O3/c1-4-21-20(23-9-8-22-16(3)25)24-12-18-6-5-15(2)11-19(18)27-14-17-7-10-26-13-17/h5-6,11,17H,4,7-10,12-14H2,1-3H3,(H,22,25)(H2,21,23,24). The average Bonchev–Trinajstić information content (AvgIpc) is 3.15. The van der Waals surface area contributed by atoms with E-state index in [1.807, 2.05) is 6.92 Å². The molecule has 1 aromatic carbocycles. The molecule has 1 atom stereocenters. The van der Waals surface area contributed by atoms with E-state index in [0.717, 1.165) is 43.5 Å². The summed E-state index contributed by atoms with van der Waals surface area (Å²) < 4.78 is 11.5. The summed E-state index contributed by atoms with van der Waals surface area (Å²) in [5, 5.41) is 9.20. The first kappa shape index (κ1) is 21.0. The zero-order valence-electron chi connectivity index (χ0n) is 16.6. The van der Waals surface area contributed by atoms with E-state index in [9.17, 15) is 4.79 Å². The summed E-state index contributed by atoms with van der Waals surface area (Å²) in [6.07, 6.45) is 1.06. The highest BCUT2D eigenvalue weighted by atomic mass is 16.5. The molecule has 1 aliphatic rings. The summed E-state index contributed by atoms with van der Waals surface area (Å²) in [5.74, 6) is 2.04. The Labute approximate surface area is 161 Å². The quantitative estimate of drug-likeness (QED) is 0.346. The molecule has 0 aliphatic carbocycles. The first-order valence-electron chi connectivity index (χ1n) is 9.65. The summed E-state index contributed by atoms with van der Waals surface area (Å²) in [7, 11) is 0. The smallest absolute Gasteiger partial charge is 0.216 e. The zero-order valence-corrected chi connectivity index (χ0v) is 16.6.